The zero-order valence-corrected chi connectivity index (χ0v) is 12.6. The predicted molar refractivity (Wildman–Crippen MR) is 77.2 cm³/mol. The standard InChI is InChI=1S/C17H22O4/c1-8-5-6-12-9(2)17(19)21-16(12)15-10(3)14(7-13(8)15)20-11(4)18/h9,12-16H,1,3,5-7H2,2,4H3. The van der Waals surface area contributed by atoms with Gasteiger partial charge in [0.15, 0.2) is 0 Å². The summed E-state index contributed by atoms with van der Waals surface area (Å²) in [4.78, 5) is 23.2. The zero-order valence-electron chi connectivity index (χ0n) is 12.6. The van der Waals surface area contributed by atoms with E-state index in [0.29, 0.717) is 0 Å². The highest BCUT2D eigenvalue weighted by atomic mass is 16.6. The lowest BCUT2D eigenvalue weighted by molar-refractivity contribution is -0.146. The van der Waals surface area contributed by atoms with Crippen molar-refractivity contribution < 1.29 is 19.1 Å². The third kappa shape index (κ3) is 2.21. The summed E-state index contributed by atoms with van der Waals surface area (Å²) >= 11 is 0. The van der Waals surface area contributed by atoms with E-state index in [1.807, 2.05) is 6.92 Å². The average molecular weight is 290 g/mol. The van der Waals surface area contributed by atoms with Crippen LogP contribution in [0.3, 0.4) is 0 Å². The maximum Gasteiger partial charge on any atom is 0.309 e. The minimum absolute atomic E-state index is 0.0447. The van der Waals surface area contributed by atoms with Crippen LogP contribution in [0.5, 0.6) is 0 Å². The van der Waals surface area contributed by atoms with Gasteiger partial charge in [-0.2, -0.15) is 0 Å². The van der Waals surface area contributed by atoms with Crippen LogP contribution < -0.4 is 0 Å². The Morgan fingerprint density at radius 3 is 2.76 bits per heavy atom. The number of carbonyl (C=O) groups is 2. The molecule has 0 aromatic heterocycles. The largest absolute Gasteiger partial charge is 0.461 e. The highest BCUT2D eigenvalue weighted by molar-refractivity contribution is 5.75. The first-order chi connectivity index (χ1) is 9.90. The Morgan fingerprint density at radius 1 is 1.38 bits per heavy atom. The van der Waals surface area contributed by atoms with Gasteiger partial charge in [0.2, 0.25) is 0 Å². The molecule has 3 rings (SSSR count). The molecule has 2 aliphatic carbocycles. The van der Waals surface area contributed by atoms with Gasteiger partial charge in [-0.25, -0.2) is 0 Å². The third-order valence-electron chi connectivity index (χ3n) is 5.42. The Bertz CT molecular complexity index is 521. The number of ether oxygens (including phenoxy) is 2. The van der Waals surface area contributed by atoms with Crippen molar-refractivity contribution in [2.75, 3.05) is 0 Å². The first-order valence-corrected chi connectivity index (χ1v) is 7.64. The van der Waals surface area contributed by atoms with Crippen molar-refractivity contribution in [2.45, 2.75) is 45.3 Å². The molecular formula is C17H22O4. The maximum absolute atomic E-state index is 11.9. The smallest absolute Gasteiger partial charge is 0.309 e. The van der Waals surface area contributed by atoms with Crippen LogP contribution >= 0.6 is 0 Å². The van der Waals surface area contributed by atoms with Crippen molar-refractivity contribution in [3.63, 3.8) is 0 Å². The maximum atomic E-state index is 11.9. The van der Waals surface area contributed by atoms with Gasteiger partial charge in [-0.3, -0.25) is 9.59 Å². The first-order valence-electron chi connectivity index (χ1n) is 7.64. The number of carbonyl (C=O) groups excluding carboxylic acids is 2. The van der Waals surface area contributed by atoms with E-state index in [-0.39, 0.29) is 47.8 Å². The third-order valence-corrected chi connectivity index (χ3v) is 5.42. The van der Waals surface area contributed by atoms with Crippen molar-refractivity contribution in [3.8, 4) is 0 Å². The van der Waals surface area contributed by atoms with Crippen LogP contribution in [-0.2, 0) is 19.1 Å². The van der Waals surface area contributed by atoms with Gasteiger partial charge in [-0.1, -0.05) is 25.7 Å². The van der Waals surface area contributed by atoms with E-state index >= 15 is 0 Å². The van der Waals surface area contributed by atoms with Gasteiger partial charge in [-0.05, 0) is 30.8 Å². The van der Waals surface area contributed by atoms with Gasteiger partial charge in [0.1, 0.15) is 12.2 Å². The molecule has 0 aromatic rings. The summed E-state index contributed by atoms with van der Waals surface area (Å²) in [6.45, 7) is 11.7. The van der Waals surface area contributed by atoms with E-state index in [0.717, 1.165) is 24.8 Å². The van der Waals surface area contributed by atoms with Crippen LogP contribution in [0, 0.1) is 23.7 Å². The molecule has 2 saturated carbocycles. The molecule has 1 heterocycles. The van der Waals surface area contributed by atoms with Crippen LogP contribution in [0.25, 0.3) is 0 Å². The summed E-state index contributed by atoms with van der Waals surface area (Å²) in [5, 5.41) is 0. The number of hydrogen-bond acceptors (Lipinski definition) is 4. The Balaban J connectivity index is 1.91. The number of fused-ring (bicyclic) bond motifs is 3. The van der Waals surface area contributed by atoms with Crippen molar-refractivity contribution in [1.29, 1.82) is 0 Å². The monoisotopic (exact) mass is 290 g/mol. The van der Waals surface area contributed by atoms with Gasteiger partial charge in [-0.15, -0.1) is 0 Å². The normalized spacial score (nSPS) is 42.1. The molecule has 0 amide bonds. The molecule has 6 atom stereocenters. The summed E-state index contributed by atoms with van der Waals surface area (Å²) in [6, 6.07) is 0. The molecule has 0 bridgehead atoms. The van der Waals surface area contributed by atoms with Crippen LogP contribution in [0.2, 0.25) is 0 Å². The molecule has 4 nitrogen and oxygen atoms in total. The van der Waals surface area contributed by atoms with Crippen molar-refractivity contribution in [3.05, 3.63) is 24.3 Å². The molecule has 21 heavy (non-hydrogen) atoms. The number of hydrogen-bond donors (Lipinski definition) is 0. The van der Waals surface area contributed by atoms with Crippen LogP contribution in [0.15, 0.2) is 24.3 Å². The second-order valence-corrected chi connectivity index (χ2v) is 6.59. The molecule has 6 unspecified atom stereocenters. The fourth-order valence-corrected chi connectivity index (χ4v) is 4.27. The van der Waals surface area contributed by atoms with Crippen molar-refractivity contribution >= 4 is 11.9 Å². The lowest BCUT2D eigenvalue weighted by Gasteiger charge is -2.26. The Labute approximate surface area is 125 Å². The SMILES string of the molecule is C=C1CCC2C(C)C(=O)OC2C2C(=C)C(OC(C)=O)CC12. The number of esters is 2. The first kappa shape index (κ1) is 14.4. The summed E-state index contributed by atoms with van der Waals surface area (Å²) in [5.41, 5.74) is 2.06. The predicted octanol–water partition coefficient (Wildman–Crippen LogP) is 2.64. The Morgan fingerprint density at radius 2 is 2.10 bits per heavy atom. The van der Waals surface area contributed by atoms with E-state index < -0.39 is 0 Å². The van der Waals surface area contributed by atoms with E-state index in [4.69, 9.17) is 9.47 Å². The van der Waals surface area contributed by atoms with E-state index in [2.05, 4.69) is 13.2 Å². The van der Waals surface area contributed by atoms with Crippen LogP contribution in [0.1, 0.15) is 33.1 Å². The van der Waals surface area contributed by atoms with Gasteiger partial charge in [0.25, 0.3) is 0 Å². The molecule has 3 fully saturated rings. The van der Waals surface area contributed by atoms with Crippen LogP contribution in [-0.4, -0.2) is 24.1 Å². The molecule has 4 heteroatoms. The average Bonchev–Trinajstić information content (AvgIpc) is 2.81. The summed E-state index contributed by atoms with van der Waals surface area (Å²) in [5.74, 6) is -0.00559. The molecular weight excluding hydrogens is 268 g/mol. The highest BCUT2D eigenvalue weighted by Gasteiger charge is 2.54. The fourth-order valence-electron chi connectivity index (χ4n) is 4.27. The second kappa shape index (κ2) is 5.00. The second-order valence-electron chi connectivity index (χ2n) is 6.59. The lowest BCUT2D eigenvalue weighted by atomic mass is 9.80. The summed E-state index contributed by atoms with van der Waals surface area (Å²) in [7, 11) is 0. The fraction of sp³-hybridized carbons (Fsp3) is 0.647. The van der Waals surface area contributed by atoms with Crippen LogP contribution in [0.4, 0.5) is 0 Å². The van der Waals surface area contributed by atoms with Gasteiger partial charge in [0, 0.05) is 18.8 Å². The molecule has 0 radical (unpaired) electrons. The molecule has 114 valence electrons. The number of allylic oxidation sites excluding steroid dienone is 1. The molecule has 3 aliphatic rings. The summed E-state index contributed by atoms with van der Waals surface area (Å²) in [6.07, 6.45) is 2.16. The van der Waals surface area contributed by atoms with Crippen molar-refractivity contribution in [2.24, 2.45) is 23.7 Å². The zero-order chi connectivity index (χ0) is 15.3. The van der Waals surface area contributed by atoms with E-state index in [1.54, 1.807) is 0 Å². The Kier molecular flexibility index (Phi) is 3.42. The van der Waals surface area contributed by atoms with Gasteiger partial charge in [0.05, 0.1) is 5.92 Å². The minimum atomic E-state index is -0.295. The summed E-state index contributed by atoms with van der Waals surface area (Å²) < 4.78 is 11.0. The van der Waals surface area contributed by atoms with Gasteiger partial charge < -0.3 is 9.47 Å². The molecule has 0 aromatic carbocycles. The Hall–Kier alpha value is -1.58. The molecule has 0 spiro atoms. The quantitative estimate of drug-likeness (QED) is 0.550. The lowest BCUT2D eigenvalue weighted by Crippen LogP contribution is -2.30. The molecule has 1 saturated heterocycles. The molecule has 0 N–H and O–H groups in total. The van der Waals surface area contributed by atoms with E-state index in [1.165, 1.54) is 12.5 Å². The van der Waals surface area contributed by atoms with Gasteiger partial charge >= 0.3 is 11.9 Å². The van der Waals surface area contributed by atoms with Crippen molar-refractivity contribution in [1.82, 2.24) is 0 Å². The number of rotatable bonds is 1. The topological polar surface area (TPSA) is 52.6 Å². The van der Waals surface area contributed by atoms with E-state index in [9.17, 15) is 9.59 Å². The minimum Gasteiger partial charge on any atom is -0.461 e. The highest BCUT2D eigenvalue weighted by Crippen LogP contribution is 2.52. The molecule has 1 aliphatic heterocycles.